The van der Waals surface area contributed by atoms with Gasteiger partial charge in [-0.15, -0.1) is 0 Å². The molecule has 4 nitrogen and oxygen atoms in total. The molecule has 0 saturated carbocycles. The van der Waals surface area contributed by atoms with Crippen molar-refractivity contribution >= 4 is 34.4 Å². The maximum Gasteiger partial charge on any atom is 0.250 e. The smallest absolute Gasteiger partial charge is 0.250 e. The summed E-state index contributed by atoms with van der Waals surface area (Å²) < 4.78 is 3.19. The van der Waals surface area contributed by atoms with Gasteiger partial charge >= 0.3 is 0 Å². The number of hydrogen-bond donors (Lipinski definition) is 3. The Morgan fingerprint density at radius 1 is 1.27 bits per heavy atom. The van der Waals surface area contributed by atoms with Crippen LogP contribution < -0.4 is 10.5 Å². The highest BCUT2D eigenvalue weighted by molar-refractivity contribution is 8.03. The molecular weight excluding hydrogens is 294 g/mol. The second-order valence-electron chi connectivity index (χ2n) is 4.76. The van der Waals surface area contributed by atoms with E-state index < -0.39 is 5.91 Å². The van der Waals surface area contributed by atoms with Crippen molar-refractivity contribution < 1.29 is 4.79 Å². The number of carbonyl (C=O) groups is 1. The molecule has 0 aliphatic heterocycles. The summed E-state index contributed by atoms with van der Waals surface area (Å²) in [4.78, 5) is 14.6. The number of anilines is 1. The lowest BCUT2D eigenvalue weighted by molar-refractivity contribution is 0.100. The third kappa shape index (κ3) is 2.58. The molecule has 4 N–H and O–H groups in total. The van der Waals surface area contributed by atoms with Crippen LogP contribution in [0.1, 0.15) is 10.4 Å². The summed E-state index contributed by atoms with van der Waals surface area (Å²) >= 11 is 1.42. The van der Waals surface area contributed by atoms with Crippen molar-refractivity contribution in [2.45, 2.75) is 0 Å². The average Bonchev–Trinajstić information content (AvgIpc) is 3.01. The van der Waals surface area contributed by atoms with Gasteiger partial charge in [-0.25, -0.2) is 0 Å². The molecule has 0 spiro atoms. The number of carbonyl (C=O) groups excluding carboxylic acids is 1. The Hall–Kier alpha value is -2.66. The quantitative estimate of drug-likeness (QED) is 0.620. The van der Waals surface area contributed by atoms with Gasteiger partial charge in [0.25, 0.3) is 5.91 Å². The number of H-pyrrole nitrogens is 1. The number of rotatable bonds is 5. The molecule has 0 bridgehead atoms. The van der Waals surface area contributed by atoms with Gasteiger partial charge < -0.3 is 15.4 Å². The fourth-order valence-corrected chi connectivity index (χ4v) is 2.82. The summed E-state index contributed by atoms with van der Waals surface area (Å²) in [6, 6.07) is 13.7. The number of fused-ring (bicyclic) bond motifs is 1. The lowest BCUT2D eigenvalue weighted by atomic mass is 9.98. The molecule has 0 aliphatic rings. The molecule has 0 aliphatic carbocycles. The van der Waals surface area contributed by atoms with Crippen molar-refractivity contribution in [1.82, 2.24) is 4.98 Å². The Balaban J connectivity index is 2.11. The Morgan fingerprint density at radius 2 is 2.14 bits per heavy atom. The van der Waals surface area contributed by atoms with Crippen LogP contribution in [0.25, 0.3) is 22.0 Å². The molecule has 0 saturated heterocycles. The van der Waals surface area contributed by atoms with Crippen LogP contribution in [0.15, 0.2) is 60.6 Å². The minimum Gasteiger partial charge on any atom is -0.366 e. The third-order valence-corrected chi connectivity index (χ3v) is 3.94. The first kappa shape index (κ1) is 14.3. The summed E-state index contributed by atoms with van der Waals surface area (Å²) in [5.41, 5.74) is 9.80. The van der Waals surface area contributed by atoms with E-state index in [1.807, 2.05) is 36.5 Å². The van der Waals surface area contributed by atoms with Crippen LogP contribution >= 0.6 is 11.9 Å². The predicted molar refractivity (Wildman–Crippen MR) is 93.7 cm³/mol. The summed E-state index contributed by atoms with van der Waals surface area (Å²) in [5.74, 6) is -0.434. The van der Waals surface area contributed by atoms with E-state index in [0.717, 1.165) is 27.7 Å². The molecule has 0 unspecified atom stereocenters. The molecular formula is C17H15N3OS. The van der Waals surface area contributed by atoms with Crippen molar-refractivity contribution in [1.29, 1.82) is 0 Å². The Bertz CT molecular complexity index is 854. The third-order valence-electron chi connectivity index (χ3n) is 3.42. The van der Waals surface area contributed by atoms with Gasteiger partial charge in [0.15, 0.2) is 0 Å². The topological polar surface area (TPSA) is 70.9 Å². The van der Waals surface area contributed by atoms with Gasteiger partial charge in [-0.3, -0.25) is 4.79 Å². The van der Waals surface area contributed by atoms with Crippen molar-refractivity contribution in [2.24, 2.45) is 5.73 Å². The molecule has 1 aromatic heterocycles. The van der Waals surface area contributed by atoms with E-state index in [0.29, 0.717) is 5.56 Å². The first-order chi connectivity index (χ1) is 10.7. The maximum absolute atomic E-state index is 11.5. The predicted octanol–water partition coefficient (Wildman–Crippen LogP) is 4.14. The number of aromatic nitrogens is 1. The van der Waals surface area contributed by atoms with Gasteiger partial charge in [-0.05, 0) is 52.7 Å². The lowest BCUT2D eigenvalue weighted by Crippen LogP contribution is -2.11. The van der Waals surface area contributed by atoms with Crippen LogP contribution in [-0.4, -0.2) is 10.9 Å². The van der Waals surface area contributed by atoms with Gasteiger partial charge in [-0.1, -0.05) is 24.8 Å². The number of nitrogens with one attached hydrogen (secondary N) is 2. The van der Waals surface area contributed by atoms with Crippen LogP contribution in [0, 0.1) is 0 Å². The van der Waals surface area contributed by atoms with Gasteiger partial charge in [0.2, 0.25) is 0 Å². The minimum absolute atomic E-state index is 0.434. The lowest BCUT2D eigenvalue weighted by Gasteiger charge is -2.09. The molecule has 5 heteroatoms. The molecule has 0 atom stereocenters. The Labute approximate surface area is 132 Å². The zero-order chi connectivity index (χ0) is 15.5. The van der Waals surface area contributed by atoms with Gasteiger partial charge in [-0.2, -0.15) is 0 Å². The first-order valence-corrected chi connectivity index (χ1v) is 7.61. The summed E-state index contributed by atoms with van der Waals surface area (Å²) in [6.45, 7) is 3.67. The zero-order valence-electron chi connectivity index (χ0n) is 11.8. The SMILES string of the molecule is C=CSNc1cccc(-c2ccc(C(N)=O)c3[nH]ccc23)c1. The number of nitrogens with two attached hydrogens (primary N) is 1. The number of aromatic amines is 1. The normalized spacial score (nSPS) is 10.5. The maximum atomic E-state index is 11.5. The average molecular weight is 309 g/mol. The molecule has 1 heterocycles. The number of benzene rings is 2. The molecule has 0 fully saturated rings. The van der Waals surface area contributed by atoms with E-state index in [9.17, 15) is 4.79 Å². The van der Waals surface area contributed by atoms with Gasteiger partial charge in [0.05, 0.1) is 11.1 Å². The fourth-order valence-electron chi connectivity index (χ4n) is 2.47. The van der Waals surface area contributed by atoms with E-state index in [2.05, 4.69) is 22.4 Å². The van der Waals surface area contributed by atoms with Crippen LogP contribution in [0.2, 0.25) is 0 Å². The van der Waals surface area contributed by atoms with Crippen molar-refractivity contribution in [3.05, 3.63) is 66.2 Å². The van der Waals surface area contributed by atoms with Crippen molar-refractivity contribution in [3.63, 3.8) is 0 Å². The first-order valence-electron chi connectivity index (χ1n) is 6.73. The summed E-state index contributed by atoms with van der Waals surface area (Å²) in [5, 5.41) is 2.71. The van der Waals surface area contributed by atoms with Gasteiger partial charge in [0, 0.05) is 17.3 Å². The van der Waals surface area contributed by atoms with Crippen LogP contribution in [0.3, 0.4) is 0 Å². The second kappa shape index (κ2) is 5.99. The molecule has 2 aromatic carbocycles. The monoisotopic (exact) mass is 309 g/mol. The van der Waals surface area contributed by atoms with E-state index in [-0.39, 0.29) is 0 Å². The highest BCUT2D eigenvalue weighted by atomic mass is 32.2. The van der Waals surface area contributed by atoms with E-state index in [4.69, 9.17) is 5.73 Å². The highest BCUT2D eigenvalue weighted by Gasteiger charge is 2.12. The van der Waals surface area contributed by atoms with Gasteiger partial charge in [0.1, 0.15) is 0 Å². The van der Waals surface area contributed by atoms with E-state index in [1.54, 1.807) is 11.5 Å². The second-order valence-corrected chi connectivity index (χ2v) is 5.53. The number of amides is 1. The molecule has 3 aromatic rings. The standard InChI is InChI=1S/C17H15N3OS/c1-2-22-20-12-5-3-4-11(10-12)13-6-7-15(17(18)21)16-14(13)8-9-19-16/h2-10,19-20H,1H2,(H2,18,21). The zero-order valence-corrected chi connectivity index (χ0v) is 12.6. The molecule has 0 radical (unpaired) electrons. The largest absolute Gasteiger partial charge is 0.366 e. The van der Waals surface area contributed by atoms with Crippen LogP contribution in [-0.2, 0) is 0 Å². The van der Waals surface area contributed by atoms with Crippen LogP contribution in [0.5, 0.6) is 0 Å². The van der Waals surface area contributed by atoms with Crippen molar-refractivity contribution in [2.75, 3.05) is 4.72 Å². The Morgan fingerprint density at radius 3 is 2.91 bits per heavy atom. The highest BCUT2D eigenvalue weighted by Crippen LogP contribution is 2.32. The summed E-state index contributed by atoms with van der Waals surface area (Å²) in [7, 11) is 0. The molecule has 1 amide bonds. The fraction of sp³-hybridized carbons (Fsp3) is 0. The van der Waals surface area contributed by atoms with Crippen LogP contribution in [0.4, 0.5) is 5.69 Å². The Kier molecular flexibility index (Phi) is 3.89. The van der Waals surface area contributed by atoms with E-state index in [1.165, 1.54) is 11.9 Å². The van der Waals surface area contributed by atoms with E-state index >= 15 is 0 Å². The summed E-state index contributed by atoms with van der Waals surface area (Å²) in [6.07, 6.45) is 1.82. The molecule has 22 heavy (non-hydrogen) atoms. The molecule has 110 valence electrons. The van der Waals surface area contributed by atoms with Crippen molar-refractivity contribution in [3.8, 4) is 11.1 Å². The number of primary amides is 1. The minimum atomic E-state index is -0.434. The number of hydrogen-bond acceptors (Lipinski definition) is 3. The molecule has 3 rings (SSSR count).